The van der Waals surface area contributed by atoms with Crippen LogP contribution in [0.1, 0.15) is 53.0 Å². The van der Waals surface area contributed by atoms with Gasteiger partial charge in [-0.1, -0.05) is 44.2 Å². The zero-order valence-corrected chi connectivity index (χ0v) is 15.8. The van der Waals surface area contributed by atoms with Gasteiger partial charge in [0.2, 0.25) is 0 Å². The summed E-state index contributed by atoms with van der Waals surface area (Å²) in [4.78, 5) is 17.1. The molecule has 1 aromatic rings. The van der Waals surface area contributed by atoms with Crippen LogP contribution in [0.5, 0.6) is 0 Å². The van der Waals surface area contributed by atoms with E-state index in [1.165, 1.54) is 5.56 Å². The number of nitrogens with zero attached hydrogens (tertiary/aromatic N) is 2. The molecule has 0 N–H and O–H groups in total. The minimum absolute atomic E-state index is 0.174. The molecule has 0 aromatic heterocycles. The van der Waals surface area contributed by atoms with Gasteiger partial charge in [0.15, 0.2) is 0 Å². The van der Waals surface area contributed by atoms with Crippen molar-refractivity contribution in [3.63, 3.8) is 0 Å². The molecule has 24 heavy (non-hydrogen) atoms. The van der Waals surface area contributed by atoms with E-state index >= 15 is 0 Å². The maximum atomic E-state index is 12.6. The summed E-state index contributed by atoms with van der Waals surface area (Å²) in [7, 11) is 0. The minimum atomic E-state index is -0.446. The average Bonchev–Trinajstić information content (AvgIpc) is 2.53. The topological polar surface area (TPSA) is 32.8 Å². The second-order valence-corrected chi connectivity index (χ2v) is 7.67. The molecule has 0 aliphatic carbocycles. The van der Waals surface area contributed by atoms with Gasteiger partial charge < -0.3 is 9.64 Å². The Bertz CT molecular complexity index is 524. The largest absolute Gasteiger partial charge is 0.444 e. The lowest BCUT2D eigenvalue weighted by molar-refractivity contribution is -0.0192. The van der Waals surface area contributed by atoms with E-state index in [0.717, 1.165) is 32.5 Å². The first-order valence-corrected chi connectivity index (χ1v) is 9.11. The number of ether oxygens (including phenoxy) is 1. The van der Waals surface area contributed by atoms with E-state index in [9.17, 15) is 4.79 Å². The van der Waals surface area contributed by atoms with E-state index in [-0.39, 0.29) is 12.1 Å². The number of amides is 1. The molecule has 1 heterocycles. The van der Waals surface area contributed by atoms with Crippen LogP contribution < -0.4 is 0 Å². The Morgan fingerprint density at radius 2 is 1.71 bits per heavy atom. The van der Waals surface area contributed by atoms with Crippen LogP contribution >= 0.6 is 0 Å². The number of hydrogen-bond acceptors (Lipinski definition) is 3. The molecule has 1 saturated heterocycles. The summed E-state index contributed by atoms with van der Waals surface area (Å²) in [5, 5.41) is 0. The lowest BCUT2D eigenvalue weighted by Crippen LogP contribution is -2.59. The SMILES string of the molecule is CC[C@H]1CN(C(=O)OC(C)(C)C)[C@H](CC)CN1Cc1ccccc1. The molecule has 4 heteroatoms. The molecule has 2 rings (SSSR count). The third-order valence-corrected chi connectivity index (χ3v) is 4.61. The standard InChI is InChI=1S/C20H32N2O2/c1-6-17-15-22(19(23)24-20(3,4)5)18(7-2)14-21(17)13-16-11-9-8-10-12-16/h8-12,17-18H,6-7,13-15H2,1-5H3/t17-,18+/m0/s1. The van der Waals surface area contributed by atoms with E-state index in [1.54, 1.807) is 0 Å². The molecule has 1 aromatic carbocycles. The van der Waals surface area contributed by atoms with Crippen LogP contribution in [0.3, 0.4) is 0 Å². The van der Waals surface area contributed by atoms with Gasteiger partial charge in [0, 0.05) is 31.7 Å². The van der Waals surface area contributed by atoms with E-state index in [0.29, 0.717) is 6.04 Å². The monoisotopic (exact) mass is 332 g/mol. The zero-order valence-electron chi connectivity index (χ0n) is 15.8. The molecule has 0 saturated carbocycles. The Hall–Kier alpha value is -1.55. The van der Waals surface area contributed by atoms with Crippen molar-refractivity contribution < 1.29 is 9.53 Å². The first kappa shape index (κ1) is 18.8. The summed E-state index contributed by atoms with van der Waals surface area (Å²) in [6.07, 6.45) is 1.80. The number of carbonyl (C=O) groups excluding carboxylic acids is 1. The molecule has 0 unspecified atom stereocenters. The van der Waals surface area contributed by atoms with Crippen molar-refractivity contribution in [2.75, 3.05) is 13.1 Å². The highest BCUT2D eigenvalue weighted by Gasteiger charge is 2.36. The van der Waals surface area contributed by atoms with Gasteiger partial charge in [0.25, 0.3) is 0 Å². The highest BCUT2D eigenvalue weighted by molar-refractivity contribution is 5.68. The van der Waals surface area contributed by atoms with Crippen molar-refractivity contribution in [3.8, 4) is 0 Å². The van der Waals surface area contributed by atoms with Gasteiger partial charge >= 0.3 is 6.09 Å². The lowest BCUT2D eigenvalue weighted by Gasteiger charge is -2.46. The summed E-state index contributed by atoms with van der Waals surface area (Å²) in [6, 6.07) is 11.2. The van der Waals surface area contributed by atoms with Crippen molar-refractivity contribution in [1.82, 2.24) is 9.80 Å². The molecular weight excluding hydrogens is 300 g/mol. The Morgan fingerprint density at radius 1 is 1.08 bits per heavy atom. The van der Waals surface area contributed by atoms with E-state index in [1.807, 2.05) is 25.7 Å². The van der Waals surface area contributed by atoms with Crippen molar-refractivity contribution in [1.29, 1.82) is 0 Å². The highest BCUT2D eigenvalue weighted by atomic mass is 16.6. The first-order valence-electron chi connectivity index (χ1n) is 9.11. The normalized spacial score (nSPS) is 22.5. The fourth-order valence-electron chi connectivity index (χ4n) is 3.30. The Morgan fingerprint density at radius 3 is 2.25 bits per heavy atom. The smallest absolute Gasteiger partial charge is 0.410 e. The predicted molar refractivity (Wildman–Crippen MR) is 98.0 cm³/mol. The summed E-state index contributed by atoms with van der Waals surface area (Å²) < 4.78 is 5.62. The number of piperazine rings is 1. The second-order valence-electron chi connectivity index (χ2n) is 7.67. The van der Waals surface area contributed by atoms with Gasteiger partial charge in [-0.3, -0.25) is 4.90 Å². The number of benzene rings is 1. The number of carbonyl (C=O) groups is 1. The fourth-order valence-corrected chi connectivity index (χ4v) is 3.30. The lowest BCUT2D eigenvalue weighted by atomic mass is 10.0. The summed E-state index contributed by atoms with van der Waals surface area (Å²) >= 11 is 0. The molecule has 0 bridgehead atoms. The van der Waals surface area contributed by atoms with Crippen LogP contribution in [0, 0.1) is 0 Å². The third-order valence-electron chi connectivity index (χ3n) is 4.61. The van der Waals surface area contributed by atoms with Gasteiger partial charge in [-0.15, -0.1) is 0 Å². The van der Waals surface area contributed by atoms with Crippen LogP contribution in [0.2, 0.25) is 0 Å². The maximum absolute atomic E-state index is 12.6. The molecule has 1 amide bonds. The van der Waals surface area contributed by atoms with Gasteiger partial charge in [-0.05, 0) is 39.2 Å². The molecule has 2 atom stereocenters. The van der Waals surface area contributed by atoms with E-state index < -0.39 is 5.60 Å². The third kappa shape index (κ3) is 4.97. The zero-order chi connectivity index (χ0) is 17.7. The number of rotatable bonds is 4. The summed E-state index contributed by atoms with van der Waals surface area (Å²) in [5.74, 6) is 0. The van der Waals surface area contributed by atoms with E-state index in [4.69, 9.17) is 4.74 Å². The van der Waals surface area contributed by atoms with Gasteiger partial charge in [0.05, 0.1) is 0 Å². The Labute approximate surface area is 146 Å². The first-order chi connectivity index (χ1) is 11.3. The van der Waals surface area contributed by atoms with Gasteiger partial charge in [-0.25, -0.2) is 4.79 Å². The quantitative estimate of drug-likeness (QED) is 0.824. The summed E-state index contributed by atoms with van der Waals surface area (Å²) in [6.45, 7) is 12.7. The molecule has 4 nitrogen and oxygen atoms in total. The van der Waals surface area contributed by atoms with Crippen molar-refractivity contribution in [2.24, 2.45) is 0 Å². The van der Waals surface area contributed by atoms with Crippen LogP contribution in [0.15, 0.2) is 30.3 Å². The molecular formula is C20H32N2O2. The van der Waals surface area contributed by atoms with Gasteiger partial charge in [-0.2, -0.15) is 0 Å². The van der Waals surface area contributed by atoms with Crippen LogP contribution in [-0.2, 0) is 11.3 Å². The Balaban J connectivity index is 2.09. The predicted octanol–water partition coefficient (Wildman–Crippen LogP) is 4.30. The Kier molecular flexibility index (Phi) is 6.27. The molecule has 0 radical (unpaired) electrons. The fraction of sp³-hybridized carbons (Fsp3) is 0.650. The number of hydrogen-bond donors (Lipinski definition) is 0. The van der Waals surface area contributed by atoms with E-state index in [2.05, 4.69) is 49.1 Å². The van der Waals surface area contributed by atoms with Crippen molar-refractivity contribution in [2.45, 2.75) is 71.7 Å². The second kappa shape index (κ2) is 8.02. The minimum Gasteiger partial charge on any atom is -0.444 e. The maximum Gasteiger partial charge on any atom is 0.410 e. The molecule has 134 valence electrons. The summed E-state index contributed by atoms with van der Waals surface area (Å²) in [5.41, 5.74) is 0.884. The van der Waals surface area contributed by atoms with Crippen LogP contribution in [-0.4, -0.2) is 46.7 Å². The van der Waals surface area contributed by atoms with Crippen LogP contribution in [0.4, 0.5) is 4.79 Å². The molecule has 1 aliphatic rings. The molecule has 0 spiro atoms. The van der Waals surface area contributed by atoms with Crippen LogP contribution in [0.25, 0.3) is 0 Å². The van der Waals surface area contributed by atoms with Crippen molar-refractivity contribution >= 4 is 6.09 Å². The van der Waals surface area contributed by atoms with Gasteiger partial charge in [0.1, 0.15) is 5.60 Å². The van der Waals surface area contributed by atoms with Crippen molar-refractivity contribution in [3.05, 3.63) is 35.9 Å². The highest BCUT2D eigenvalue weighted by Crippen LogP contribution is 2.24. The molecule has 1 aliphatic heterocycles. The molecule has 1 fully saturated rings. The average molecular weight is 332 g/mol.